The highest BCUT2D eigenvalue weighted by molar-refractivity contribution is 5.76. The molecule has 2 N–H and O–H groups in total. The van der Waals surface area contributed by atoms with E-state index in [1.54, 1.807) is 14.2 Å². The maximum Gasteiger partial charge on any atom is 0.275 e. The fraction of sp³-hybridized carbons (Fsp3) is 0.611. The van der Waals surface area contributed by atoms with E-state index < -0.39 is 0 Å². The van der Waals surface area contributed by atoms with Crippen LogP contribution in [0, 0.1) is 0 Å². The Kier molecular flexibility index (Phi) is 7.20. The van der Waals surface area contributed by atoms with Crippen LogP contribution in [0.4, 0.5) is 0 Å². The number of carbonyl (C=O) groups is 1. The summed E-state index contributed by atoms with van der Waals surface area (Å²) in [6.07, 6.45) is 6.42. The fourth-order valence-corrected chi connectivity index (χ4v) is 3.06. The van der Waals surface area contributed by atoms with Crippen LogP contribution in [0.3, 0.4) is 0 Å². The van der Waals surface area contributed by atoms with Crippen LogP contribution in [0.1, 0.15) is 37.7 Å². The van der Waals surface area contributed by atoms with Gasteiger partial charge in [0.2, 0.25) is 0 Å². The van der Waals surface area contributed by atoms with Gasteiger partial charge < -0.3 is 19.7 Å². The van der Waals surface area contributed by atoms with E-state index >= 15 is 0 Å². The van der Waals surface area contributed by atoms with E-state index in [9.17, 15) is 4.79 Å². The molecular weight excluding hydrogens is 292 g/mol. The molecule has 1 saturated heterocycles. The van der Waals surface area contributed by atoms with Crippen LogP contribution in [0.5, 0.6) is 11.5 Å². The number of methoxy groups -OCH3 is 2. The van der Waals surface area contributed by atoms with Gasteiger partial charge in [-0.1, -0.05) is 12.5 Å². The molecule has 0 aromatic heterocycles. The molecule has 0 spiro atoms. The van der Waals surface area contributed by atoms with Gasteiger partial charge in [0.25, 0.3) is 5.91 Å². The Morgan fingerprint density at radius 3 is 2.35 bits per heavy atom. The minimum Gasteiger partial charge on any atom is -0.493 e. The summed E-state index contributed by atoms with van der Waals surface area (Å²) in [7, 11) is 3.23. The number of nitrogens with one attached hydrogen (secondary N) is 2. The Labute approximate surface area is 139 Å². The van der Waals surface area contributed by atoms with Crippen molar-refractivity contribution in [2.75, 3.05) is 33.9 Å². The molecule has 23 heavy (non-hydrogen) atoms. The summed E-state index contributed by atoms with van der Waals surface area (Å²) < 4.78 is 10.5. The number of rotatable bonds is 6. The molecule has 0 radical (unpaired) electrons. The van der Waals surface area contributed by atoms with Gasteiger partial charge in [-0.05, 0) is 43.4 Å². The summed E-state index contributed by atoms with van der Waals surface area (Å²) in [5.41, 5.74) is 1.01. The molecule has 128 valence electrons. The molecule has 1 fully saturated rings. The molecule has 0 unspecified atom stereocenters. The molecule has 5 heteroatoms. The quantitative estimate of drug-likeness (QED) is 0.827. The van der Waals surface area contributed by atoms with Gasteiger partial charge in [0.1, 0.15) is 0 Å². The van der Waals surface area contributed by atoms with Crippen molar-refractivity contribution in [2.24, 2.45) is 0 Å². The normalized spacial score (nSPS) is 16.3. The topological polar surface area (TPSA) is 52.0 Å². The predicted molar refractivity (Wildman–Crippen MR) is 90.0 cm³/mol. The smallest absolute Gasteiger partial charge is 0.275 e. The van der Waals surface area contributed by atoms with Crippen molar-refractivity contribution in [1.29, 1.82) is 0 Å². The molecule has 1 aromatic carbocycles. The average Bonchev–Trinajstić information content (AvgIpc) is 2.55. The fourth-order valence-electron chi connectivity index (χ4n) is 3.06. The lowest BCUT2D eigenvalue weighted by Gasteiger charge is -2.21. The monoisotopic (exact) mass is 321 g/mol. The van der Waals surface area contributed by atoms with Crippen LogP contribution >= 0.6 is 0 Å². The van der Waals surface area contributed by atoms with Crippen molar-refractivity contribution < 1.29 is 19.2 Å². The Balaban J connectivity index is 1.81. The maximum absolute atomic E-state index is 12.2. The molecule has 2 rings (SSSR count). The first kappa shape index (κ1) is 17.6. The van der Waals surface area contributed by atoms with Crippen LogP contribution in [-0.4, -0.2) is 39.8 Å². The zero-order chi connectivity index (χ0) is 16.5. The Bertz CT molecular complexity index is 497. The first-order valence-corrected chi connectivity index (χ1v) is 8.54. The number of likely N-dealkylation sites (tertiary alicyclic amines) is 1. The van der Waals surface area contributed by atoms with Crippen LogP contribution in [0.15, 0.2) is 18.2 Å². The minimum absolute atomic E-state index is 0.121. The first-order valence-electron chi connectivity index (χ1n) is 8.54. The number of quaternary nitrogens is 1. The third kappa shape index (κ3) is 5.75. The molecule has 0 aliphatic carbocycles. The maximum atomic E-state index is 12.2. The second-order valence-corrected chi connectivity index (χ2v) is 6.16. The molecule has 0 bridgehead atoms. The number of amides is 1. The van der Waals surface area contributed by atoms with Gasteiger partial charge in [-0.15, -0.1) is 0 Å². The summed E-state index contributed by atoms with van der Waals surface area (Å²) in [4.78, 5) is 13.6. The Morgan fingerprint density at radius 2 is 1.70 bits per heavy atom. The molecular formula is C18H29N2O3+. The third-order valence-electron chi connectivity index (χ3n) is 4.41. The summed E-state index contributed by atoms with van der Waals surface area (Å²) in [5, 5.41) is 3.01. The van der Waals surface area contributed by atoms with E-state index in [-0.39, 0.29) is 5.91 Å². The molecule has 0 saturated carbocycles. The minimum atomic E-state index is 0.121. The highest BCUT2D eigenvalue weighted by Gasteiger charge is 2.15. The lowest BCUT2D eigenvalue weighted by Crippen LogP contribution is -3.13. The van der Waals surface area contributed by atoms with Gasteiger partial charge in [0.05, 0.1) is 27.3 Å². The van der Waals surface area contributed by atoms with Crippen LogP contribution in [0.2, 0.25) is 0 Å². The van der Waals surface area contributed by atoms with Crippen molar-refractivity contribution in [2.45, 2.75) is 38.6 Å². The standard InChI is InChI=1S/C18H28N2O3/c1-22-16-9-8-15(12-17(16)23-2)13-19-18(21)14-20-10-6-4-3-5-7-11-20/h8-9,12H,3-7,10-11,13-14H2,1-2H3,(H,19,21)/p+1. The number of benzene rings is 1. The molecule has 5 nitrogen and oxygen atoms in total. The molecule has 0 atom stereocenters. The van der Waals surface area contributed by atoms with Gasteiger partial charge in [0, 0.05) is 6.54 Å². The molecule has 1 aromatic rings. The summed E-state index contributed by atoms with van der Waals surface area (Å²) >= 11 is 0. The third-order valence-corrected chi connectivity index (χ3v) is 4.41. The SMILES string of the molecule is COc1ccc(CNC(=O)C[NH+]2CCCCCCC2)cc1OC. The van der Waals surface area contributed by atoms with E-state index in [1.165, 1.54) is 37.0 Å². The van der Waals surface area contributed by atoms with E-state index in [2.05, 4.69) is 5.32 Å². The number of hydrogen-bond acceptors (Lipinski definition) is 3. The average molecular weight is 321 g/mol. The highest BCUT2D eigenvalue weighted by atomic mass is 16.5. The van der Waals surface area contributed by atoms with Crippen LogP contribution in [-0.2, 0) is 11.3 Å². The summed E-state index contributed by atoms with van der Waals surface area (Å²) in [6, 6.07) is 5.72. The van der Waals surface area contributed by atoms with Gasteiger partial charge >= 0.3 is 0 Å². The van der Waals surface area contributed by atoms with Crippen LogP contribution in [0.25, 0.3) is 0 Å². The highest BCUT2D eigenvalue weighted by Crippen LogP contribution is 2.27. The molecule has 1 aliphatic heterocycles. The largest absolute Gasteiger partial charge is 0.493 e. The number of carbonyl (C=O) groups excluding carboxylic acids is 1. The van der Waals surface area contributed by atoms with Crippen molar-refractivity contribution in [3.63, 3.8) is 0 Å². The van der Waals surface area contributed by atoms with Gasteiger partial charge in [0.15, 0.2) is 18.0 Å². The molecule has 1 amide bonds. The first-order chi connectivity index (χ1) is 11.2. The lowest BCUT2D eigenvalue weighted by atomic mass is 10.1. The van der Waals surface area contributed by atoms with Crippen molar-refractivity contribution in [1.82, 2.24) is 5.32 Å². The zero-order valence-electron chi connectivity index (χ0n) is 14.3. The van der Waals surface area contributed by atoms with E-state index in [0.29, 0.717) is 24.6 Å². The molecule has 1 aliphatic rings. The van der Waals surface area contributed by atoms with Crippen molar-refractivity contribution in [3.8, 4) is 11.5 Å². The zero-order valence-corrected chi connectivity index (χ0v) is 14.3. The number of hydrogen-bond donors (Lipinski definition) is 2. The van der Waals surface area contributed by atoms with Crippen molar-refractivity contribution >= 4 is 5.91 Å². The Morgan fingerprint density at radius 1 is 1.04 bits per heavy atom. The summed E-state index contributed by atoms with van der Waals surface area (Å²) in [5.74, 6) is 1.51. The number of ether oxygens (including phenoxy) is 2. The van der Waals surface area contributed by atoms with E-state index in [4.69, 9.17) is 9.47 Å². The van der Waals surface area contributed by atoms with Gasteiger partial charge in [-0.3, -0.25) is 4.79 Å². The second kappa shape index (κ2) is 9.40. The van der Waals surface area contributed by atoms with Crippen molar-refractivity contribution in [3.05, 3.63) is 23.8 Å². The van der Waals surface area contributed by atoms with Gasteiger partial charge in [-0.2, -0.15) is 0 Å². The molecule has 1 heterocycles. The lowest BCUT2D eigenvalue weighted by molar-refractivity contribution is -0.893. The van der Waals surface area contributed by atoms with Crippen LogP contribution < -0.4 is 19.7 Å². The predicted octanol–water partition coefficient (Wildman–Crippen LogP) is 1.17. The Hall–Kier alpha value is -1.75. The van der Waals surface area contributed by atoms with E-state index in [0.717, 1.165) is 18.7 Å². The summed E-state index contributed by atoms with van der Waals surface area (Å²) in [6.45, 7) is 3.33. The van der Waals surface area contributed by atoms with E-state index in [1.807, 2.05) is 18.2 Å². The van der Waals surface area contributed by atoms with Gasteiger partial charge in [-0.25, -0.2) is 0 Å². The second-order valence-electron chi connectivity index (χ2n) is 6.16.